The first-order valence-corrected chi connectivity index (χ1v) is 11.4. The first-order valence-electron chi connectivity index (χ1n) is 9.82. The third-order valence-electron chi connectivity index (χ3n) is 5.28. The summed E-state index contributed by atoms with van der Waals surface area (Å²) in [5.74, 6) is -0.466. The number of nitrogens with zero attached hydrogens (tertiary/aromatic N) is 1. The summed E-state index contributed by atoms with van der Waals surface area (Å²) in [5, 5.41) is 4.59. The molecule has 0 spiro atoms. The minimum absolute atomic E-state index is 0.0136. The molecule has 1 aliphatic carbocycles. The lowest BCUT2D eigenvalue weighted by Crippen LogP contribution is -2.44. The number of hydrogen-bond donors (Lipinski definition) is 2. The number of halogens is 1. The lowest BCUT2D eigenvalue weighted by Gasteiger charge is -2.24. The molecule has 0 radical (unpaired) electrons. The van der Waals surface area contributed by atoms with Crippen molar-refractivity contribution in [3.05, 3.63) is 59.7 Å². The van der Waals surface area contributed by atoms with Crippen LogP contribution < -0.4 is 10.6 Å². The normalized spacial score (nSPS) is 16.2. The number of rotatable bonds is 6. The van der Waals surface area contributed by atoms with E-state index in [0.717, 1.165) is 31.7 Å². The second-order valence-electron chi connectivity index (χ2n) is 7.42. The standard InChI is InChI=1S/C21H26FN3O3S/c1-15-12-18(9-10-19(15)22)29(27,28)20(16-6-5-11-23-13-16)14-24-21(26)25-17-7-3-2-4-8-17/h5-6,9-13,17,20H,2-4,7-8,14H2,1H3,(H2,24,25,26). The Balaban J connectivity index is 1.79. The molecule has 1 aromatic carbocycles. The van der Waals surface area contributed by atoms with Crippen LogP contribution in [0.4, 0.5) is 9.18 Å². The molecule has 2 aromatic rings. The molecule has 1 saturated carbocycles. The minimum Gasteiger partial charge on any atom is -0.336 e. The average Bonchev–Trinajstić information content (AvgIpc) is 2.71. The summed E-state index contributed by atoms with van der Waals surface area (Å²) in [4.78, 5) is 16.4. The molecular formula is C21H26FN3O3S. The third kappa shape index (κ3) is 5.32. The number of pyridine rings is 1. The predicted octanol–water partition coefficient (Wildman–Crippen LogP) is 3.68. The van der Waals surface area contributed by atoms with Crippen molar-refractivity contribution in [2.24, 2.45) is 0 Å². The molecule has 1 unspecified atom stereocenters. The van der Waals surface area contributed by atoms with Crippen molar-refractivity contribution >= 4 is 15.9 Å². The van der Waals surface area contributed by atoms with Gasteiger partial charge < -0.3 is 10.6 Å². The van der Waals surface area contributed by atoms with Crippen LogP contribution in [-0.2, 0) is 9.84 Å². The Labute approximate surface area is 170 Å². The molecule has 8 heteroatoms. The Bertz CT molecular complexity index is 945. The number of urea groups is 1. The van der Waals surface area contributed by atoms with Crippen LogP contribution >= 0.6 is 0 Å². The van der Waals surface area contributed by atoms with E-state index in [1.54, 1.807) is 18.3 Å². The molecule has 3 rings (SSSR count). The van der Waals surface area contributed by atoms with Gasteiger partial charge in [0.05, 0.1) is 4.90 Å². The second kappa shape index (κ2) is 9.35. The largest absolute Gasteiger partial charge is 0.336 e. The summed E-state index contributed by atoms with van der Waals surface area (Å²) in [5.41, 5.74) is 0.714. The van der Waals surface area contributed by atoms with E-state index in [1.165, 1.54) is 31.7 Å². The highest BCUT2D eigenvalue weighted by Gasteiger charge is 2.30. The van der Waals surface area contributed by atoms with Gasteiger partial charge in [-0.3, -0.25) is 4.98 Å². The number of carbonyl (C=O) groups excluding carboxylic acids is 1. The van der Waals surface area contributed by atoms with E-state index >= 15 is 0 Å². The van der Waals surface area contributed by atoms with Crippen molar-refractivity contribution in [2.75, 3.05) is 6.54 Å². The molecule has 1 aliphatic rings. The summed E-state index contributed by atoms with van der Waals surface area (Å²) in [6.45, 7) is 1.41. The van der Waals surface area contributed by atoms with E-state index in [-0.39, 0.29) is 29.1 Å². The fourth-order valence-corrected chi connectivity index (χ4v) is 5.33. The highest BCUT2D eigenvalue weighted by molar-refractivity contribution is 7.91. The molecule has 0 aliphatic heterocycles. The maximum absolute atomic E-state index is 13.6. The Kier molecular flexibility index (Phi) is 6.84. The first kappa shape index (κ1) is 21.2. The van der Waals surface area contributed by atoms with Crippen LogP contribution in [0, 0.1) is 12.7 Å². The topological polar surface area (TPSA) is 88.2 Å². The van der Waals surface area contributed by atoms with Gasteiger partial charge in [0, 0.05) is 25.0 Å². The second-order valence-corrected chi connectivity index (χ2v) is 9.55. The van der Waals surface area contributed by atoms with Crippen LogP contribution in [0.3, 0.4) is 0 Å². The molecule has 0 bridgehead atoms. The summed E-state index contributed by atoms with van der Waals surface area (Å²) < 4.78 is 40.2. The van der Waals surface area contributed by atoms with Gasteiger partial charge in [-0.1, -0.05) is 25.3 Å². The number of sulfone groups is 1. The van der Waals surface area contributed by atoms with Gasteiger partial charge in [0.25, 0.3) is 0 Å². The van der Waals surface area contributed by atoms with Crippen molar-refractivity contribution in [3.8, 4) is 0 Å². The molecule has 1 fully saturated rings. The van der Waals surface area contributed by atoms with Gasteiger partial charge in [-0.15, -0.1) is 0 Å². The SMILES string of the molecule is Cc1cc(S(=O)(=O)C(CNC(=O)NC2CCCCC2)c2cccnc2)ccc1F. The molecule has 1 aromatic heterocycles. The van der Waals surface area contributed by atoms with Gasteiger partial charge in [0.15, 0.2) is 9.84 Å². The maximum atomic E-state index is 13.6. The van der Waals surface area contributed by atoms with E-state index < -0.39 is 20.9 Å². The van der Waals surface area contributed by atoms with Crippen molar-refractivity contribution in [1.29, 1.82) is 0 Å². The van der Waals surface area contributed by atoms with E-state index in [9.17, 15) is 17.6 Å². The Morgan fingerprint density at radius 3 is 2.66 bits per heavy atom. The lowest BCUT2D eigenvalue weighted by molar-refractivity contribution is 0.232. The lowest BCUT2D eigenvalue weighted by atomic mass is 9.96. The zero-order valence-corrected chi connectivity index (χ0v) is 17.2. The van der Waals surface area contributed by atoms with Crippen LogP contribution in [0.1, 0.15) is 48.5 Å². The minimum atomic E-state index is -3.87. The third-order valence-corrected chi connectivity index (χ3v) is 7.38. The number of aryl methyl sites for hydroxylation is 1. The average molecular weight is 420 g/mol. The number of hydrogen-bond acceptors (Lipinski definition) is 4. The Morgan fingerprint density at radius 2 is 2.00 bits per heavy atom. The molecule has 1 atom stereocenters. The zero-order chi connectivity index (χ0) is 20.9. The predicted molar refractivity (Wildman–Crippen MR) is 109 cm³/mol. The van der Waals surface area contributed by atoms with Crippen molar-refractivity contribution in [3.63, 3.8) is 0 Å². The number of nitrogens with one attached hydrogen (secondary N) is 2. The smallest absolute Gasteiger partial charge is 0.315 e. The van der Waals surface area contributed by atoms with Gasteiger partial charge in [0.1, 0.15) is 11.1 Å². The Hall–Kier alpha value is -2.48. The molecule has 1 heterocycles. The van der Waals surface area contributed by atoms with Crippen LogP contribution in [-0.4, -0.2) is 32.0 Å². The quantitative estimate of drug-likeness (QED) is 0.699. The van der Waals surface area contributed by atoms with Gasteiger partial charge >= 0.3 is 6.03 Å². The highest BCUT2D eigenvalue weighted by atomic mass is 32.2. The van der Waals surface area contributed by atoms with Crippen molar-refractivity contribution in [1.82, 2.24) is 15.6 Å². The monoisotopic (exact) mass is 419 g/mol. The molecule has 0 saturated heterocycles. The first-order chi connectivity index (χ1) is 13.9. The fourth-order valence-electron chi connectivity index (χ4n) is 3.60. The van der Waals surface area contributed by atoms with Crippen LogP contribution in [0.2, 0.25) is 0 Å². The van der Waals surface area contributed by atoms with Gasteiger partial charge in [-0.25, -0.2) is 17.6 Å². The van der Waals surface area contributed by atoms with Gasteiger partial charge in [-0.2, -0.15) is 0 Å². The van der Waals surface area contributed by atoms with Crippen LogP contribution in [0.5, 0.6) is 0 Å². The summed E-state index contributed by atoms with van der Waals surface area (Å²) >= 11 is 0. The number of amides is 2. The van der Waals surface area contributed by atoms with E-state index in [4.69, 9.17) is 0 Å². The molecule has 29 heavy (non-hydrogen) atoms. The molecule has 156 valence electrons. The van der Waals surface area contributed by atoms with Crippen LogP contribution in [0.25, 0.3) is 0 Å². The van der Waals surface area contributed by atoms with Crippen molar-refractivity contribution in [2.45, 2.75) is 55.2 Å². The van der Waals surface area contributed by atoms with Gasteiger partial charge in [-0.05, 0) is 55.2 Å². The van der Waals surface area contributed by atoms with E-state index in [2.05, 4.69) is 15.6 Å². The maximum Gasteiger partial charge on any atom is 0.315 e. The zero-order valence-electron chi connectivity index (χ0n) is 16.4. The summed E-state index contributed by atoms with van der Waals surface area (Å²) in [7, 11) is -3.87. The van der Waals surface area contributed by atoms with Crippen molar-refractivity contribution < 1.29 is 17.6 Å². The highest BCUT2D eigenvalue weighted by Crippen LogP contribution is 2.29. The van der Waals surface area contributed by atoms with E-state index in [1.807, 2.05) is 0 Å². The molecule has 2 N–H and O–H groups in total. The summed E-state index contributed by atoms with van der Waals surface area (Å²) in [6, 6.07) is 6.76. The van der Waals surface area contributed by atoms with Gasteiger partial charge in [0.2, 0.25) is 0 Å². The number of aromatic nitrogens is 1. The molecule has 6 nitrogen and oxygen atoms in total. The molecule has 2 amide bonds. The number of benzene rings is 1. The fraction of sp³-hybridized carbons (Fsp3) is 0.429. The van der Waals surface area contributed by atoms with Crippen LogP contribution in [0.15, 0.2) is 47.6 Å². The Morgan fingerprint density at radius 1 is 1.24 bits per heavy atom. The van der Waals surface area contributed by atoms with E-state index in [0.29, 0.717) is 5.56 Å². The summed E-state index contributed by atoms with van der Waals surface area (Å²) in [6.07, 6.45) is 8.25. The molecular weight excluding hydrogens is 393 g/mol. The number of carbonyl (C=O) groups is 1.